The fraction of sp³-hybridized carbons (Fsp3) is 0.200. The van der Waals surface area contributed by atoms with Gasteiger partial charge in [0.1, 0.15) is 17.4 Å². The molecule has 198 valence electrons. The quantitative estimate of drug-likeness (QED) is 0.137. The Kier molecular flexibility index (Phi) is 7.98. The number of amides is 2. The molecule has 4 aromatic rings. The summed E-state index contributed by atoms with van der Waals surface area (Å²) in [6, 6.07) is 21.5. The van der Waals surface area contributed by atoms with Crippen LogP contribution in [0, 0.1) is 0 Å². The minimum absolute atomic E-state index is 0.224. The second-order valence-corrected chi connectivity index (χ2v) is 10.0. The lowest BCUT2D eigenvalue weighted by Crippen LogP contribution is -2.32. The largest absolute Gasteiger partial charge is 0.489 e. The van der Waals surface area contributed by atoms with Gasteiger partial charge in [0.25, 0.3) is 0 Å². The maximum Gasteiger partial charge on any atom is 0.341 e. The SMILES string of the molecule is CCOC(=O)c1c(NC(=O)C(=O)N/N=C/c2cccc(OCc3cccc4ccccc34)c2)sc2c1CCC2. The number of carbonyl (C=O) groups is 3. The highest BCUT2D eigenvalue weighted by Crippen LogP contribution is 2.39. The van der Waals surface area contributed by atoms with E-state index in [0.717, 1.165) is 46.0 Å². The highest BCUT2D eigenvalue weighted by atomic mass is 32.1. The molecule has 1 aliphatic rings. The fourth-order valence-electron chi connectivity index (χ4n) is 4.55. The van der Waals surface area contributed by atoms with Gasteiger partial charge in [0.05, 0.1) is 18.4 Å². The third-order valence-corrected chi connectivity index (χ3v) is 7.55. The van der Waals surface area contributed by atoms with Crippen LogP contribution >= 0.6 is 11.3 Å². The average Bonchev–Trinajstić information content (AvgIpc) is 3.53. The van der Waals surface area contributed by atoms with Crippen LogP contribution in [-0.2, 0) is 33.8 Å². The Morgan fingerprint density at radius 3 is 2.69 bits per heavy atom. The molecule has 2 amide bonds. The molecule has 0 spiro atoms. The van der Waals surface area contributed by atoms with Gasteiger partial charge in [0.2, 0.25) is 0 Å². The molecule has 8 nitrogen and oxygen atoms in total. The summed E-state index contributed by atoms with van der Waals surface area (Å²) in [5.74, 6) is -1.70. The first-order valence-electron chi connectivity index (χ1n) is 12.7. The van der Waals surface area contributed by atoms with E-state index in [2.05, 4.69) is 34.0 Å². The molecule has 3 aromatic carbocycles. The Hall–Kier alpha value is -4.50. The lowest BCUT2D eigenvalue weighted by Gasteiger charge is -2.09. The van der Waals surface area contributed by atoms with Crippen LogP contribution in [0.1, 0.15) is 45.3 Å². The van der Waals surface area contributed by atoms with Gasteiger partial charge in [-0.3, -0.25) is 9.59 Å². The molecule has 9 heteroatoms. The fourth-order valence-corrected chi connectivity index (χ4v) is 5.82. The van der Waals surface area contributed by atoms with Crippen molar-refractivity contribution in [1.82, 2.24) is 5.43 Å². The van der Waals surface area contributed by atoms with E-state index in [9.17, 15) is 14.4 Å². The molecular weight excluding hydrogens is 514 g/mol. The summed E-state index contributed by atoms with van der Waals surface area (Å²) in [4.78, 5) is 38.4. The second-order valence-electron chi connectivity index (χ2n) is 8.93. The summed E-state index contributed by atoms with van der Waals surface area (Å²) in [5, 5.41) is 9.09. The van der Waals surface area contributed by atoms with Gasteiger partial charge in [-0.25, -0.2) is 10.2 Å². The number of anilines is 1. The molecule has 1 heterocycles. The van der Waals surface area contributed by atoms with Crippen molar-refractivity contribution < 1.29 is 23.9 Å². The Morgan fingerprint density at radius 1 is 1.00 bits per heavy atom. The topological polar surface area (TPSA) is 106 Å². The van der Waals surface area contributed by atoms with Crippen LogP contribution in [0.4, 0.5) is 5.00 Å². The molecule has 0 saturated carbocycles. The molecule has 0 aliphatic heterocycles. The summed E-state index contributed by atoms with van der Waals surface area (Å²) in [7, 11) is 0. The monoisotopic (exact) mass is 541 g/mol. The lowest BCUT2D eigenvalue weighted by molar-refractivity contribution is -0.136. The van der Waals surface area contributed by atoms with Gasteiger partial charge in [-0.15, -0.1) is 11.3 Å². The van der Waals surface area contributed by atoms with Crippen LogP contribution in [0.5, 0.6) is 5.75 Å². The zero-order valence-corrected chi connectivity index (χ0v) is 22.2. The molecular formula is C30H27N3O5S. The molecule has 0 saturated heterocycles. The molecule has 5 rings (SSSR count). The van der Waals surface area contributed by atoms with E-state index in [0.29, 0.717) is 28.5 Å². The number of benzene rings is 3. The van der Waals surface area contributed by atoms with Crippen molar-refractivity contribution in [3.05, 3.63) is 93.9 Å². The van der Waals surface area contributed by atoms with Crippen molar-refractivity contribution in [1.29, 1.82) is 0 Å². The van der Waals surface area contributed by atoms with Crippen LogP contribution in [0.3, 0.4) is 0 Å². The number of fused-ring (bicyclic) bond motifs is 2. The van der Waals surface area contributed by atoms with Crippen molar-refractivity contribution in [2.45, 2.75) is 32.8 Å². The lowest BCUT2D eigenvalue weighted by atomic mass is 10.1. The Labute approximate surface area is 229 Å². The van der Waals surface area contributed by atoms with E-state index in [1.54, 1.807) is 19.1 Å². The van der Waals surface area contributed by atoms with Crippen LogP contribution in [0.25, 0.3) is 10.8 Å². The number of thiophene rings is 1. The standard InChI is InChI=1S/C30H27N3O5S/c1-2-37-30(36)26-24-14-7-15-25(24)39-29(26)32-27(34)28(35)33-31-17-19-8-5-12-22(16-19)38-18-21-11-6-10-20-9-3-4-13-23(20)21/h3-6,8-13,16-17H,2,7,14-15,18H2,1H3,(H,32,34)(H,33,35)/b31-17+. The molecule has 0 fully saturated rings. The molecule has 0 unspecified atom stereocenters. The Morgan fingerprint density at radius 2 is 1.82 bits per heavy atom. The zero-order valence-electron chi connectivity index (χ0n) is 21.4. The molecule has 0 bridgehead atoms. The van der Waals surface area contributed by atoms with Crippen LogP contribution in [-0.4, -0.2) is 30.6 Å². The van der Waals surface area contributed by atoms with Crippen molar-refractivity contribution >= 4 is 51.1 Å². The number of ether oxygens (including phenoxy) is 2. The number of carbonyl (C=O) groups excluding carboxylic acids is 3. The molecule has 2 N–H and O–H groups in total. The van der Waals surface area contributed by atoms with E-state index in [-0.39, 0.29) is 6.61 Å². The molecule has 39 heavy (non-hydrogen) atoms. The molecule has 1 aromatic heterocycles. The van der Waals surface area contributed by atoms with Gasteiger partial charge in [-0.05, 0) is 65.8 Å². The first kappa shape index (κ1) is 26.1. The van der Waals surface area contributed by atoms with E-state index in [1.165, 1.54) is 17.6 Å². The number of hydrogen-bond donors (Lipinski definition) is 2. The number of nitrogens with zero attached hydrogens (tertiary/aromatic N) is 1. The molecule has 1 aliphatic carbocycles. The number of rotatable bonds is 8. The third-order valence-electron chi connectivity index (χ3n) is 6.35. The first-order valence-corrected chi connectivity index (χ1v) is 13.5. The minimum atomic E-state index is -0.946. The first-order chi connectivity index (χ1) is 19.0. The minimum Gasteiger partial charge on any atom is -0.489 e. The number of hydrazone groups is 1. The number of aryl methyl sites for hydroxylation is 1. The van der Waals surface area contributed by atoms with Gasteiger partial charge in [-0.1, -0.05) is 54.6 Å². The summed E-state index contributed by atoms with van der Waals surface area (Å²) < 4.78 is 11.2. The molecule has 0 radical (unpaired) electrons. The van der Waals surface area contributed by atoms with Gasteiger partial charge in [0, 0.05) is 4.88 Å². The number of hydrogen-bond acceptors (Lipinski definition) is 7. The number of nitrogens with one attached hydrogen (secondary N) is 2. The van der Waals surface area contributed by atoms with E-state index >= 15 is 0 Å². The van der Waals surface area contributed by atoms with Crippen LogP contribution in [0.2, 0.25) is 0 Å². The smallest absolute Gasteiger partial charge is 0.341 e. The van der Waals surface area contributed by atoms with Crippen molar-refractivity contribution in [3.8, 4) is 5.75 Å². The summed E-state index contributed by atoms with van der Waals surface area (Å²) in [6.45, 7) is 2.35. The van der Waals surface area contributed by atoms with Gasteiger partial charge < -0.3 is 14.8 Å². The molecule has 0 atom stereocenters. The zero-order chi connectivity index (χ0) is 27.2. The van der Waals surface area contributed by atoms with Crippen molar-refractivity contribution in [3.63, 3.8) is 0 Å². The van der Waals surface area contributed by atoms with Crippen LogP contribution < -0.4 is 15.5 Å². The predicted molar refractivity (Wildman–Crippen MR) is 151 cm³/mol. The van der Waals surface area contributed by atoms with Crippen molar-refractivity contribution in [2.75, 3.05) is 11.9 Å². The average molecular weight is 542 g/mol. The highest BCUT2D eigenvalue weighted by Gasteiger charge is 2.29. The highest BCUT2D eigenvalue weighted by molar-refractivity contribution is 7.17. The normalized spacial score (nSPS) is 12.3. The third kappa shape index (κ3) is 5.99. The van der Waals surface area contributed by atoms with E-state index in [1.807, 2.05) is 36.4 Å². The maximum atomic E-state index is 12.5. The van der Waals surface area contributed by atoms with Crippen LogP contribution in [0.15, 0.2) is 71.8 Å². The van der Waals surface area contributed by atoms with E-state index in [4.69, 9.17) is 9.47 Å². The predicted octanol–water partition coefficient (Wildman–Crippen LogP) is 5.23. The summed E-state index contributed by atoms with van der Waals surface area (Å²) in [6.07, 6.45) is 3.96. The van der Waals surface area contributed by atoms with E-state index < -0.39 is 17.8 Å². The van der Waals surface area contributed by atoms with Gasteiger partial charge in [-0.2, -0.15) is 5.10 Å². The van der Waals surface area contributed by atoms with Gasteiger partial charge >= 0.3 is 17.8 Å². The summed E-state index contributed by atoms with van der Waals surface area (Å²) in [5.41, 5.74) is 5.24. The maximum absolute atomic E-state index is 12.5. The van der Waals surface area contributed by atoms with Crippen molar-refractivity contribution in [2.24, 2.45) is 5.10 Å². The van der Waals surface area contributed by atoms with Gasteiger partial charge in [0.15, 0.2) is 0 Å². The Balaban J connectivity index is 1.19. The number of esters is 1. The Bertz CT molecular complexity index is 1570. The summed E-state index contributed by atoms with van der Waals surface area (Å²) >= 11 is 1.31. The second kappa shape index (κ2) is 11.9.